The van der Waals surface area contributed by atoms with Crippen LogP contribution in [0.15, 0.2) is 48.6 Å². The number of piperazine rings is 1. The number of aryl methyl sites for hydroxylation is 1. The molecule has 0 radical (unpaired) electrons. The molecule has 0 spiro atoms. The van der Waals surface area contributed by atoms with Crippen molar-refractivity contribution >= 4 is 33.2 Å². The van der Waals surface area contributed by atoms with Gasteiger partial charge in [-0.1, -0.05) is 43.2 Å². The average molecular weight is 753 g/mol. The minimum absolute atomic E-state index is 0.207. The molecule has 52 heavy (non-hydrogen) atoms. The molecule has 1 N–H and O–H groups in total. The molecule has 284 valence electrons. The van der Waals surface area contributed by atoms with Gasteiger partial charge in [-0.2, -0.15) is 0 Å². The van der Waals surface area contributed by atoms with E-state index in [-0.39, 0.29) is 5.92 Å². The van der Waals surface area contributed by atoms with Gasteiger partial charge in [0.15, 0.2) is 0 Å². The van der Waals surface area contributed by atoms with Crippen LogP contribution in [0.3, 0.4) is 0 Å². The summed E-state index contributed by atoms with van der Waals surface area (Å²) < 4.78 is 42.9. The lowest BCUT2D eigenvalue weighted by Gasteiger charge is -2.53. The number of nitrogens with zero attached hydrogens (tertiary/aromatic N) is 3. The highest BCUT2D eigenvalue weighted by Crippen LogP contribution is 2.47. The predicted molar refractivity (Wildman–Crippen MR) is 208 cm³/mol. The van der Waals surface area contributed by atoms with Crippen molar-refractivity contribution in [3.8, 4) is 5.75 Å². The first kappa shape index (κ1) is 37.7. The van der Waals surface area contributed by atoms with E-state index in [1.165, 1.54) is 31.4 Å². The number of halogens is 1. The highest BCUT2D eigenvalue weighted by Gasteiger charge is 2.49. The maximum absolute atomic E-state index is 13.6. The Morgan fingerprint density at radius 2 is 1.81 bits per heavy atom. The third-order valence-corrected chi connectivity index (χ3v) is 15.1. The minimum Gasteiger partial charge on any atom is -0.487 e. The third-order valence-electron chi connectivity index (χ3n) is 12.9. The van der Waals surface area contributed by atoms with Crippen LogP contribution in [0.1, 0.15) is 86.7 Å². The zero-order valence-electron chi connectivity index (χ0n) is 31.2. The number of hydrogen-bond donors (Lipinski definition) is 1. The maximum Gasteiger partial charge on any atom is 0.264 e. The van der Waals surface area contributed by atoms with Gasteiger partial charge in [0.2, 0.25) is 10.0 Å². The zero-order valence-corrected chi connectivity index (χ0v) is 32.8. The van der Waals surface area contributed by atoms with E-state index in [2.05, 4.69) is 31.6 Å². The van der Waals surface area contributed by atoms with Crippen LogP contribution in [0.2, 0.25) is 5.02 Å². The van der Waals surface area contributed by atoms with Gasteiger partial charge in [0, 0.05) is 63.0 Å². The SMILES string of the molecule is CO[C@@]1(CN2CCN3CCCC[C@@H]3C2)/C=C/C[C@H](C)[C@@H](C)S(=O)(=O)NC(=O)c2ccc3c(c2)N(CCCCc2cc(Cl)ccc2CO3)C[C@@H]2CC[C@H]21. The molecule has 11 heteroatoms. The van der Waals surface area contributed by atoms with Crippen LogP contribution in [-0.4, -0.2) is 93.9 Å². The summed E-state index contributed by atoms with van der Waals surface area (Å²) >= 11 is 6.41. The minimum atomic E-state index is -3.95. The van der Waals surface area contributed by atoms with Crippen molar-refractivity contribution in [3.05, 3.63) is 70.3 Å². The lowest BCUT2D eigenvalue weighted by atomic mass is 9.63. The van der Waals surface area contributed by atoms with Gasteiger partial charge in [-0.3, -0.25) is 14.6 Å². The average Bonchev–Trinajstić information content (AvgIpc) is 3.15. The van der Waals surface area contributed by atoms with Gasteiger partial charge in [-0.15, -0.1) is 0 Å². The normalized spacial score (nSPS) is 32.4. The van der Waals surface area contributed by atoms with E-state index < -0.39 is 26.8 Å². The number of carbonyl (C=O) groups is 1. The molecule has 6 atom stereocenters. The molecule has 2 aromatic carbocycles. The molecule has 4 heterocycles. The quantitative estimate of drug-likeness (QED) is 0.347. The summed E-state index contributed by atoms with van der Waals surface area (Å²) in [7, 11) is -2.08. The topological polar surface area (TPSA) is 91.4 Å². The second-order valence-corrected chi connectivity index (χ2v) is 18.6. The van der Waals surface area contributed by atoms with Crippen molar-refractivity contribution in [2.45, 2.75) is 95.1 Å². The molecular weight excluding hydrogens is 696 g/mol. The van der Waals surface area contributed by atoms with Crippen LogP contribution in [0.25, 0.3) is 0 Å². The maximum atomic E-state index is 13.6. The number of nitrogens with one attached hydrogen (secondary N) is 1. The fourth-order valence-electron chi connectivity index (χ4n) is 9.35. The molecule has 3 fully saturated rings. The molecule has 1 aliphatic carbocycles. The van der Waals surface area contributed by atoms with Crippen molar-refractivity contribution in [1.29, 1.82) is 0 Å². The number of sulfonamides is 1. The molecule has 5 aliphatic rings. The van der Waals surface area contributed by atoms with Gasteiger partial charge >= 0.3 is 0 Å². The van der Waals surface area contributed by atoms with Gasteiger partial charge in [-0.05, 0) is 124 Å². The lowest BCUT2D eigenvalue weighted by molar-refractivity contribution is -0.1000. The molecular formula is C41H57ClN4O5S. The Labute approximate surface area is 316 Å². The fourth-order valence-corrected chi connectivity index (χ4v) is 10.8. The Morgan fingerprint density at radius 3 is 2.62 bits per heavy atom. The molecule has 0 aromatic heterocycles. The third kappa shape index (κ3) is 8.07. The van der Waals surface area contributed by atoms with E-state index in [9.17, 15) is 13.2 Å². The Morgan fingerprint density at radius 1 is 0.962 bits per heavy atom. The van der Waals surface area contributed by atoms with Crippen molar-refractivity contribution in [1.82, 2.24) is 14.5 Å². The second-order valence-electron chi connectivity index (χ2n) is 16.1. The second kappa shape index (κ2) is 16.0. The molecule has 0 unspecified atom stereocenters. The number of rotatable bonds is 3. The summed E-state index contributed by atoms with van der Waals surface area (Å²) in [5.41, 5.74) is 2.93. The molecule has 1 saturated carbocycles. The monoisotopic (exact) mass is 752 g/mol. The first-order chi connectivity index (χ1) is 25.0. The van der Waals surface area contributed by atoms with Crippen LogP contribution in [0, 0.1) is 17.8 Å². The molecule has 9 nitrogen and oxygen atoms in total. The van der Waals surface area contributed by atoms with Gasteiger partial charge in [-0.25, -0.2) is 13.1 Å². The zero-order chi connectivity index (χ0) is 36.5. The number of carbonyl (C=O) groups excluding carboxylic acids is 1. The van der Waals surface area contributed by atoms with Crippen LogP contribution in [0.4, 0.5) is 5.69 Å². The number of benzene rings is 2. The summed E-state index contributed by atoms with van der Waals surface area (Å²) in [6.45, 7) is 10.8. The highest BCUT2D eigenvalue weighted by atomic mass is 35.5. The van der Waals surface area contributed by atoms with Crippen LogP contribution >= 0.6 is 11.6 Å². The largest absolute Gasteiger partial charge is 0.487 e. The first-order valence-electron chi connectivity index (χ1n) is 19.6. The molecule has 2 saturated heterocycles. The van der Waals surface area contributed by atoms with Crippen molar-refractivity contribution < 1.29 is 22.7 Å². The van der Waals surface area contributed by atoms with E-state index in [1.54, 1.807) is 13.0 Å². The van der Waals surface area contributed by atoms with Crippen LogP contribution in [0.5, 0.6) is 5.75 Å². The smallest absolute Gasteiger partial charge is 0.264 e. The number of anilines is 1. The Hall–Kier alpha value is -2.63. The summed E-state index contributed by atoms with van der Waals surface area (Å²) in [6, 6.07) is 11.9. The van der Waals surface area contributed by atoms with Gasteiger partial charge in [0.25, 0.3) is 5.91 Å². The van der Waals surface area contributed by atoms with Gasteiger partial charge in [0.05, 0.1) is 10.9 Å². The van der Waals surface area contributed by atoms with Crippen molar-refractivity contribution in [2.24, 2.45) is 17.8 Å². The number of ether oxygens (including phenoxy) is 2. The first-order valence-corrected chi connectivity index (χ1v) is 21.5. The summed E-state index contributed by atoms with van der Waals surface area (Å²) in [5.74, 6) is 0.529. The van der Waals surface area contributed by atoms with E-state index in [4.69, 9.17) is 21.1 Å². The van der Waals surface area contributed by atoms with Crippen LogP contribution < -0.4 is 14.4 Å². The molecule has 2 aromatic rings. The van der Waals surface area contributed by atoms with Crippen LogP contribution in [-0.2, 0) is 27.8 Å². The van der Waals surface area contributed by atoms with E-state index in [0.29, 0.717) is 42.2 Å². The Kier molecular flexibility index (Phi) is 11.6. The van der Waals surface area contributed by atoms with Gasteiger partial charge in [0.1, 0.15) is 18.0 Å². The summed E-state index contributed by atoms with van der Waals surface area (Å²) in [6.07, 6.45) is 13.9. The number of amides is 1. The number of piperidine rings is 1. The predicted octanol–water partition coefficient (Wildman–Crippen LogP) is 6.69. The summed E-state index contributed by atoms with van der Waals surface area (Å²) in [4.78, 5) is 21.3. The van der Waals surface area contributed by atoms with E-state index in [0.717, 1.165) is 87.6 Å². The Bertz CT molecular complexity index is 1740. The number of hydrogen-bond acceptors (Lipinski definition) is 8. The Balaban J connectivity index is 1.25. The highest BCUT2D eigenvalue weighted by molar-refractivity contribution is 7.90. The number of allylic oxidation sites excluding steroid dienone is 1. The fraction of sp³-hybridized carbons (Fsp3) is 0.634. The number of methoxy groups -OCH3 is 1. The van der Waals surface area contributed by atoms with Crippen molar-refractivity contribution in [2.75, 3.05) is 57.8 Å². The van der Waals surface area contributed by atoms with E-state index in [1.807, 2.05) is 44.4 Å². The lowest BCUT2D eigenvalue weighted by Crippen LogP contribution is -2.61. The van der Waals surface area contributed by atoms with Gasteiger partial charge < -0.3 is 14.4 Å². The molecule has 1 amide bonds. The van der Waals surface area contributed by atoms with Crippen molar-refractivity contribution in [3.63, 3.8) is 0 Å². The van der Waals surface area contributed by atoms with E-state index >= 15 is 0 Å². The number of fused-ring (bicyclic) bond motifs is 4. The standard InChI is InChI=1S/C41H57ClN4O5S/c1-29-9-8-18-41(50-3,28-44-21-22-45-19-7-5-11-36(45)26-44)37-16-13-33(37)25-46-20-6-4-10-31-23-35(42)15-12-34(31)27-51-39-17-14-32(24-38(39)46)40(47)43-52(48,49)30(29)2/h8,12,14-15,17-18,23-24,29-30,33,36-37H,4-7,9-11,13,16,19-22,25-28H2,1-3H3,(H,43,47)/b18-8+/t29-,30+,33-,36+,37+,41+/m0/s1. The summed E-state index contributed by atoms with van der Waals surface area (Å²) in [5, 5.41) is -0.0446. The molecule has 4 aliphatic heterocycles. The molecule has 2 bridgehead atoms. The molecule has 7 rings (SSSR count).